The Hall–Kier alpha value is -2.83. The van der Waals surface area contributed by atoms with Crippen molar-refractivity contribution in [1.29, 1.82) is 0 Å². The number of hydrogen-bond donors (Lipinski definition) is 6. The maximum atomic E-state index is 13.4. The van der Waals surface area contributed by atoms with Gasteiger partial charge in [-0.25, -0.2) is 4.79 Å². The largest absolute Gasteiger partial charge is 0.508 e. The Bertz CT molecular complexity index is 896. The van der Waals surface area contributed by atoms with E-state index in [1.54, 1.807) is 12.1 Å². The van der Waals surface area contributed by atoms with Gasteiger partial charge in [0.25, 0.3) is 0 Å². The molecule has 0 aliphatic carbocycles. The quantitative estimate of drug-likeness (QED) is 0.215. The summed E-state index contributed by atoms with van der Waals surface area (Å²) in [6.45, 7) is 1.62. The minimum atomic E-state index is -1.23. The van der Waals surface area contributed by atoms with E-state index in [0.29, 0.717) is 24.2 Å². The first-order valence-electron chi connectivity index (χ1n) is 11.4. The van der Waals surface area contributed by atoms with E-state index in [1.165, 1.54) is 35.7 Å². The fourth-order valence-electron chi connectivity index (χ4n) is 3.82. The smallest absolute Gasteiger partial charge is 0.326 e. The number of aromatic hydroxyl groups is 1. The first-order valence-corrected chi connectivity index (χ1v) is 12.8. The van der Waals surface area contributed by atoms with Crippen molar-refractivity contribution in [1.82, 2.24) is 15.5 Å². The summed E-state index contributed by atoms with van der Waals surface area (Å²) in [7, 11) is 0. The number of hydrogen-bond acceptors (Lipinski definition) is 8. The fourth-order valence-corrected chi connectivity index (χ4v) is 4.29. The van der Waals surface area contributed by atoms with Gasteiger partial charge in [0, 0.05) is 13.0 Å². The second-order valence-electron chi connectivity index (χ2n) is 8.57. The number of rotatable bonds is 12. The average molecular weight is 511 g/mol. The van der Waals surface area contributed by atoms with Crippen molar-refractivity contribution >= 4 is 35.5 Å². The van der Waals surface area contributed by atoms with Crippen LogP contribution in [0.1, 0.15) is 31.7 Å². The zero-order valence-electron chi connectivity index (χ0n) is 19.8. The minimum absolute atomic E-state index is 0.0421. The number of aliphatic hydroxyl groups excluding tert-OH is 1. The molecule has 1 aromatic carbocycles. The molecule has 3 amide bonds. The van der Waals surface area contributed by atoms with E-state index < -0.39 is 54.0 Å². The molecular formula is C23H34N4O7S. The molecule has 1 aromatic rings. The highest BCUT2D eigenvalue weighted by molar-refractivity contribution is 7.98. The molecule has 0 aromatic heterocycles. The van der Waals surface area contributed by atoms with E-state index in [1.807, 2.05) is 6.26 Å². The number of thioether (sulfide) groups is 1. The molecule has 5 atom stereocenters. The predicted molar refractivity (Wildman–Crippen MR) is 131 cm³/mol. The molecule has 1 aliphatic rings. The third kappa shape index (κ3) is 8.11. The molecule has 0 bridgehead atoms. The highest BCUT2D eigenvalue weighted by Crippen LogP contribution is 2.20. The van der Waals surface area contributed by atoms with Gasteiger partial charge < -0.3 is 36.6 Å². The van der Waals surface area contributed by atoms with Gasteiger partial charge in [0.15, 0.2) is 0 Å². The zero-order chi connectivity index (χ0) is 26.1. The van der Waals surface area contributed by atoms with Crippen LogP contribution in [-0.4, -0.2) is 92.7 Å². The van der Waals surface area contributed by atoms with Gasteiger partial charge in [0.1, 0.15) is 29.9 Å². The summed E-state index contributed by atoms with van der Waals surface area (Å²) in [6.07, 6.45) is 1.90. The van der Waals surface area contributed by atoms with Crippen LogP contribution in [0.15, 0.2) is 24.3 Å². The second-order valence-corrected chi connectivity index (χ2v) is 9.55. The van der Waals surface area contributed by atoms with E-state index in [2.05, 4.69) is 10.6 Å². The molecule has 12 heteroatoms. The molecule has 7 N–H and O–H groups in total. The zero-order valence-corrected chi connectivity index (χ0v) is 20.7. The maximum absolute atomic E-state index is 13.4. The van der Waals surface area contributed by atoms with Gasteiger partial charge >= 0.3 is 5.97 Å². The molecule has 1 saturated heterocycles. The van der Waals surface area contributed by atoms with Gasteiger partial charge in [-0.15, -0.1) is 0 Å². The molecule has 1 heterocycles. The van der Waals surface area contributed by atoms with E-state index in [9.17, 15) is 34.5 Å². The summed E-state index contributed by atoms with van der Waals surface area (Å²) in [4.78, 5) is 51.9. The van der Waals surface area contributed by atoms with Crippen LogP contribution in [0.3, 0.4) is 0 Å². The minimum Gasteiger partial charge on any atom is -0.508 e. The highest BCUT2D eigenvalue weighted by Gasteiger charge is 2.38. The van der Waals surface area contributed by atoms with Crippen molar-refractivity contribution in [2.24, 2.45) is 5.73 Å². The lowest BCUT2D eigenvalue weighted by atomic mass is 10.0. The molecule has 0 spiro atoms. The molecular weight excluding hydrogens is 476 g/mol. The number of phenols is 1. The summed E-state index contributed by atoms with van der Waals surface area (Å²) >= 11 is 1.47. The Morgan fingerprint density at radius 2 is 1.77 bits per heavy atom. The molecule has 1 fully saturated rings. The molecule has 11 nitrogen and oxygen atoms in total. The highest BCUT2D eigenvalue weighted by atomic mass is 32.2. The lowest BCUT2D eigenvalue weighted by Gasteiger charge is -2.29. The Labute approximate surface area is 208 Å². The van der Waals surface area contributed by atoms with Gasteiger partial charge in [-0.2, -0.15) is 11.8 Å². The van der Waals surface area contributed by atoms with Crippen LogP contribution in [0.5, 0.6) is 5.75 Å². The third-order valence-corrected chi connectivity index (χ3v) is 6.52. The van der Waals surface area contributed by atoms with Crippen molar-refractivity contribution < 1.29 is 34.5 Å². The number of aliphatic carboxylic acids is 1. The maximum Gasteiger partial charge on any atom is 0.326 e. The van der Waals surface area contributed by atoms with Crippen molar-refractivity contribution in [3.05, 3.63) is 29.8 Å². The second kappa shape index (κ2) is 13.3. The monoisotopic (exact) mass is 510 g/mol. The van der Waals surface area contributed by atoms with Gasteiger partial charge in [0.05, 0.1) is 6.10 Å². The Morgan fingerprint density at radius 1 is 1.14 bits per heavy atom. The average Bonchev–Trinajstić information content (AvgIpc) is 3.31. The fraction of sp³-hybridized carbons (Fsp3) is 0.565. The predicted octanol–water partition coefficient (Wildman–Crippen LogP) is -0.559. The molecule has 5 unspecified atom stereocenters. The van der Waals surface area contributed by atoms with E-state index in [0.717, 1.165) is 0 Å². The number of carbonyl (C=O) groups excluding carboxylic acids is 3. The summed E-state index contributed by atoms with van der Waals surface area (Å²) in [6, 6.07) is 1.81. The SMILES string of the molecule is CSCCC(NC(=O)C(N)C(C)O)C(=O)NC(Cc1ccc(O)cc1)C(=O)N1CCCC1C(=O)O. The number of phenolic OH excluding ortho intramolecular Hbond substituents is 1. The lowest BCUT2D eigenvalue weighted by Crippen LogP contribution is -2.58. The number of aliphatic hydroxyl groups is 1. The van der Waals surface area contributed by atoms with Crippen LogP contribution in [0.25, 0.3) is 0 Å². The normalized spacial score (nSPS) is 18.9. The Morgan fingerprint density at radius 3 is 2.34 bits per heavy atom. The van der Waals surface area contributed by atoms with Crippen LogP contribution in [0.4, 0.5) is 0 Å². The van der Waals surface area contributed by atoms with E-state index in [-0.39, 0.29) is 25.1 Å². The number of nitrogens with zero attached hydrogens (tertiary/aromatic N) is 1. The summed E-state index contributed by atoms with van der Waals surface area (Å²) in [5.74, 6) is -2.39. The standard InChI is InChI=1S/C23H34N4O7S/c1-13(28)19(24)21(31)25-16(9-11-35-2)20(30)26-17(12-14-5-7-15(29)8-6-14)22(32)27-10-3-4-18(27)23(33)34/h5-8,13,16-19,28-29H,3-4,9-12,24H2,1-2H3,(H,25,31)(H,26,30)(H,33,34). The van der Waals surface area contributed by atoms with Crippen molar-refractivity contribution in [3.8, 4) is 5.75 Å². The lowest BCUT2D eigenvalue weighted by molar-refractivity contribution is -0.149. The molecule has 194 valence electrons. The number of carboxylic acids is 1. The summed E-state index contributed by atoms with van der Waals surface area (Å²) in [5, 5.41) is 33.9. The Kier molecular flexibility index (Phi) is 10.8. The van der Waals surface area contributed by atoms with Crippen molar-refractivity contribution in [2.75, 3.05) is 18.6 Å². The van der Waals surface area contributed by atoms with Crippen LogP contribution in [0.2, 0.25) is 0 Å². The van der Waals surface area contributed by atoms with Crippen molar-refractivity contribution in [2.45, 2.75) is 62.9 Å². The summed E-state index contributed by atoms with van der Waals surface area (Å²) in [5.41, 5.74) is 6.34. The first-order chi connectivity index (χ1) is 16.5. The number of nitrogens with two attached hydrogens (primary N) is 1. The number of benzene rings is 1. The van der Waals surface area contributed by atoms with E-state index in [4.69, 9.17) is 5.73 Å². The molecule has 2 rings (SSSR count). The van der Waals surface area contributed by atoms with Crippen molar-refractivity contribution in [3.63, 3.8) is 0 Å². The van der Waals surface area contributed by atoms with Gasteiger partial charge in [-0.05, 0) is 55.9 Å². The van der Waals surface area contributed by atoms with E-state index >= 15 is 0 Å². The molecule has 35 heavy (non-hydrogen) atoms. The topological polar surface area (TPSA) is 182 Å². The van der Waals surface area contributed by atoms with Crippen LogP contribution >= 0.6 is 11.8 Å². The van der Waals surface area contributed by atoms with Crippen LogP contribution in [-0.2, 0) is 25.6 Å². The molecule has 0 saturated carbocycles. The number of amides is 3. The van der Waals surface area contributed by atoms with Crippen LogP contribution in [0, 0.1) is 0 Å². The molecule has 1 aliphatic heterocycles. The third-order valence-electron chi connectivity index (χ3n) is 5.88. The number of carbonyl (C=O) groups is 4. The number of nitrogens with one attached hydrogen (secondary N) is 2. The number of carboxylic acid groups (broad SMARTS) is 1. The Balaban J connectivity index is 2.26. The van der Waals surface area contributed by atoms with Gasteiger partial charge in [-0.3, -0.25) is 14.4 Å². The van der Waals surface area contributed by atoms with Gasteiger partial charge in [-0.1, -0.05) is 12.1 Å². The number of likely N-dealkylation sites (tertiary alicyclic amines) is 1. The van der Waals surface area contributed by atoms with Gasteiger partial charge in [0.2, 0.25) is 17.7 Å². The molecule has 0 radical (unpaired) electrons. The van der Waals surface area contributed by atoms with Crippen LogP contribution < -0.4 is 16.4 Å². The summed E-state index contributed by atoms with van der Waals surface area (Å²) < 4.78 is 0. The first kappa shape index (κ1) is 28.4.